The Kier molecular flexibility index (Phi) is 8.37. The molecule has 2 aliphatic rings. The van der Waals surface area contributed by atoms with Gasteiger partial charge in [0.05, 0.1) is 0 Å². The molecule has 3 heterocycles. The van der Waals surface area contributed by atoms with Gasteiger partial charge in [0.2, 0.25) is 0 Å². The lowest BCUT2D eigenvalue weighted by atomic mass is 9.74. The number of carbonyl (C=O) groups is 2. The van der Waals surface area contributed by atoms with Crippen molar-refractivity contribution in [1.29, 1.82) is 0 Å². The van der Waals surface area contributed by atoms with E-state index in [0.717, 1.165) is 55.6 Å². The monoisotopic (exact) mass is 508 g/mol. The fraction of sp³-hybridized carbons (Fsp3) is 0.552. The topological polar surface area (TPSA) is 84.0 Å². The summed E-state index contributed by atoms with van der Waals surface area (Å²) in [5, 5.41) is 3.50. The van der Waals surface area contributed by atoms with Crippen molar-refractivity contribution in [2.45, 2.75) is 52.1 Å². The van der Waals surface area contributed by atoms with Crippen molar-refractivity contribution in [2.75, 3.05) is 46.4 Å². The van der Waals surface area contributed by atoms with Crippen LogP contribution < -0.4 is 10.1 Å². The van der Waals surface area contributed by atoms with E-state index in [1.807, 2.05) is 64.2 Å². The quantitative estimate of drug-likeness (QED) is 0.560. The lowest BCUT2D eigenvalue weighted by Crippen LogP contribution is -2.49. The van der Waals surface area contributed by atoms with Crippen molar-refractivity contribution in [2.24, 2.45) is 5.41 Å². The van der Waals surface area contributed by atoms with Gasteiger partial charge in [-0.2, -0.15) is 0 Å². The first-order valence-corrected chi connectivity index (χ1v) is 13.3. The molecule has 1 saturated heterocycles. The Bertz CT molecular complexity index is 1090. The third kappa shape index (κ3) is 7.01. The first-order valence-electron chi connectivity index (χ1n) is 13.3. The van der Waals surface area contributed by atoms with Crippen LogP contribution in [-0.4, -0.2) is 78.8 Å². The lowest BCUT2D eigenvalue weighted by Gasteiger charge is -2.44. The highest BCUT2D eigenvalue weighted by Crippen LogP contribution is 2.38. The molecule has 0 saturated carbocycles. The van der Waals surface area contributed by atoms with Crippen molar-refractivity contribution in [1.82, 2.24) is 20.1 Å². The molecule has 1 aromatic carbocycles. The molecule has 200 valence electrons. The molecule has 4 rings (SSSR count). The zero-order chi connectivity index (χ0) is 26.5. The Morgan fingerprint density at radius 3 is 2.62 bits per heavy atom. The van der Waals surface area contributed by atoms with Gasteiger partial charge in [-0.3, -0.25) is 9.78 Å². The first kappa shape index (κ1) is 26.9. The van der Waals surface area contributed by atoms with Crippen LogP contribution in [-0.2, 0) is 4.74 Å². The van der Waals surface area contributed by atoms with Crippen LogP contribution in [0.5, 0.6) is 5.75 Å². The summed E-state index contributed by atoms with van der Waals surface area (Å²) in [4.78, 5) is 34.2. The number of likely N-dealkylation sites (tertiary alicyclic amines) is 1. The third-order valence-corrected chi connectivity index (χ3v) is 7.17. The molecule has 0 atom stereocenters. The van der Waals surface area contributed by atoms with Gasteiger partial charge in [-0.1, -0.05) is 18.2 Å². The van der Waals surface area contributed by atoms with Gasteiger partial charge < -0.3 is 24.6 Å². The molecule has 0 unspecified atom stereocenters. The molecule has 2 aromatic rings. The predicted molar refractivity (Wildman–Crippen MR) is 144 cm³/mol. The minimum atomic E-state index is -0.516. The van der Waals surface area contributed by atoms with Gasteiger partial charge in [0.1, 0.15) is 23.7 Å². The summed E-state index contributed by atoms with van der Waals surface area (Å²) < 4.78 is 11.7. The van der Waals surface area contributed by atoms with Crippen LogP contribution >= 0.6 is 0 Å². The van der Waals surface area contributed by atoms with E-state index in [1.54, 1.807) is 16.0 Å². The number of fused-ring (bicyclic) bond motifs is 4. The molecular formula is C29H40N4O4. The number of nitrogens with zero attached hydrogens (tertiary/aromatic N) is 3. The molecule has 1 N–H and O–H groups in total. The number of ether oxygens (including phenoxy) is 2. The van der Waals surface area contributed by atoms with Crippen molar-refractivity contribution in [3.63, 3.8) is 0 Å². The number of amides is 2. The summed E-state index contributed by atoms with van der Waals surface area (Å²) in [6.45, 7) is 9.74. The first-order chi connectivity index (χ1) is 17.7. The Labute approximate surface area is 220 Å². The van der Waals surface area contributed by atoms with Gasteiger partial charge in [-0.15, -0.1) is 0 Å². The number of benzene rings is 1. The molecule has 1 aromatic heterocycles. The third-order valence-electron chi connectivity index (χ3n) is 7.17. The van der Waals surface area contributed by atoms with Crippen LogP contribution in [0.2, 0.25) is 0 Å². The van der Waals surface area contributed by atoms with Gasteiger partial charge in [0.25, 0.3) is 5.91 Å². The maximum Gasteiger partial charge on any atom is 0.410 e. The molecule has 1 fully saturated rings. The van der Waals surface area contributed by atoms with Gasteiger partial charge >= 0.3 is 6.09 Å². The molecule has 1 spiro atoms. The van der Waals surface area contributed by atoms with E-state index in [-0.39, 0.29) is 17.4 Å². The molecule has 2 amide bonds. The standard InChI is InChI=1S/C29H40N4O4/c1-28(2,3)37-27(35)33-17-12-29(13-18-33)11-7-14-30-16-19-36-25-9-6-5-8-23(25)22-10-15-31-24(20-22)26(34)32(4)21-29/h5-6,8-10,15,20,30H,7,11-14,16-19,21H2,1-4H3. The number of carbonyl (C=O) groups excluding carboxylic acids is 2. The highest BCUT2D eigenvalue weighted by atomic mass is 16.6. The number of para-hydroxylation sites is 1. The average Bonchev–Trinajstić information content (AvgIpc) is 2.87. The second-order valence-corrected chi connectivity index (χ2v) is 11.3. The second-order valence-electron chi connectivity index (χ2n) is 11.3. The Morgan fingerprint density at radius 1 is 1.11 bits per heavy atom. The Balaban J connectivity index is 1.54. The molecule has 0 aliphatic carbocycles. The SMILES string of the molecule is CN1CC2(CCCNCCOc3ccccc3-c3ccnc(c3)C1=O)CCN(C(=O)OC(C)(C)C)CC2. The van der Waals surface area contributed by atoms with Crippen LogP contribution in [0.25, 0.3) is 11.1 Å². The van der Waals surface area contributed by atoms with Crippen LogP contribution in [0.3, 0.4) is 0 Å². The fourth-order valence-electron chi connectivity index (χ4n) is 5.24. The van der Waals surface area contributed by atoms with Gasteiger partial charge in [-0.25, -0.2) is 4.79 Å². The summed E-state index contributed by atoms with van der Waals surface area (Å²) in [6.07, 6.45) is 5.03. The zero-order valence-electron chi connectivity index (χ0n) is 22.6. The summed E-state index contributed by atoms with van der Waals surface area (Å²) in [6, 6.07) is 11.7. The van der Waals surface area contributed by atoms with E-state index < -0.39 is 5.60 Å². The van der Waals surface area contributed by atoms with E-state index in [2.05, 4.69) is 10.3 Å². The van der Waals surface area contributed by atoms with Crippen LogP contribution in [0, 0.1) is 5.41 Å². The number of pyridine rings is 1. The maximum absolute atomic E-state index is 13.5. The fourth-order valence-corrected chi connectivity index (χ4v) is 5.24. The number of hydrogen-bond donors (Lipinski definition) is 1. The van der Waals surface area contributed by atoms with Crippen LogP contribution in [0.1, 0.15) is 56.9 Å². The van der Waals surface area contributed by atoms with Gasteiger partial charge in [-0.05, 0) is 82.2 Å². The minimum absolute atomic E-state index is 0.0671. The lowest BCUT2D eigenvalue weighted by molar-refractivity contribution is 0.00376. The van der Waals surface area contributed by atoms with Crippen LogP contribution in [0.15, 0.2) is 42.6 Å². The maximum atomic E-state index is 13.5. The van der Waals surface area contributed by atoms with E-state index in [4.69, 9.17) is 9.47 Å². The Morgan fingerprint density at radius 2 is 1.86 bits per heavy atom. The molecule has 0 radical (unpaired) electrons. The molecule has 2 bridgehead atoms. The highest BCUT2D eigenvalue weighted by molar-refractivity contribution is 5.93. The number of aromatic nitrogens is 1. The zero-order valence-corrected chi connectivity index (χ0v) is 22.6. The summed E-state index contributed by atoms with van der Waals surface area (Å²) >= 11 is 0. The predicted octanol–water partition coefficient (Wildman–Crippen LogP) is 4.60. The van der Waals surface area contributed by atoms with Crippen molar-refractivity contribution >= 4 is 12.0 Å². The molecular weight excluding hydrogens is 468 g/mol. The summed E-state index contributed by atoms with van der Waals surface area (Å²) in [5.74, 6) is 0.699. The smallest absolute Gasteiger partial charge is 0.410 e. The van der Waals surface area contributed by atoms with Crippen molar-refractivity contribution in [3.05, 3.63) is 48.3 Å². The number of nitrogens with one attached hydrogen (secondary N) is 1. The largest absolute Gasteiger partial charge is 0.492 e. The molecule has 8 heteroatoms. The normalized spacial score (nSPS) is 19.2. The second kappa shape index (κ2) is 11.5. The van der Waals surface area contributed by atoms with E-state index in [9.17, 15) is 9.59 Å². The summed E-state index contributed by atoms with van der Waals surface area (Å²) in [7, 11) is 1.86. The number of rotatable bonds is 0. The van der Waals surface area contributed by atoms with Crippen molar-refractivity contribution in [3.8, 4) is 16.9 Å². The average molecular weight is 509 g/mol. The number of hydrogen-bond acceptors (Lipinski definition) is 6. The Hall–Kier alpha value is -3.13. The van der Waals surface area contributed by atoms with Gasteiger partial charge in [0, 0.05) is 45.0 Å². The number of piperidine rings is 1. The molecule has 8 nitrogen and oxygen atoms in total. The van der Waals surface area contributed by atoms with E-state index in [1.165, 1.54) is 0 Å². The minimum Gasteiger partial charge on any atom is -0.492 e. The van der Waals surface area contributed by atoms with Crippen LogP contribution in [0.4, 0.5) is 4.79 Å². The van der Waals surface area contributed by atoms with Crippen molar-refractivity contribution < 1.29 is 19.1 Å². The highest BCUT2D eigenvalue weighted by Gasteiger charge is 2.38. The van der Waals surface area contributed by atoms with Gasteiger partial charge in [0.15, 0.2) is 0 Å². The molecule has 37 heavy (non-hydrogen) atoms. The molecule has 2 aliphatic heterocycles. The van der Waals surface area contributed by atoms with E-state index in [0.29, 0.717) is 31.9 Å². The summed E-state index contributed by atoms with van der Waals surface area (Å²) in [5.41, 5.74) is 1.69. The van der Waals surface area contributed by atoms with E-state index >= 15 is 0 Å².